The van der Waals surface area contributed by atoms with Gasteiger partial charge in [-0.2, -0.15) is 4.98 Å². The van der Waals surface area contributed by atoms with Crippen molar-refractivity contribution < 1.29 is 9.47 Å². The van der Waals surface area contributed by atoms with Crippen molar-refractivity contribution in [3.05, 3.63) is 39.9 Å². The summed E-state index contributed by atoms with van der Waals surface area (Å²) in [5, 5.41) is 3.34. The Morgan fingerprint density at radius 2 is 2.07 bits per heavy atom. The molecule has 0 spiro atoms. The van der Waals surface area contributed by atoms with Crippen LogP contribution in [0.15, 0.2) is 23.1 Å². The Hall–Kier alpha value is -2.87. The summed E-state index contributed by atoms with van der Waals surface area (Å²) < 4.78 is 14.7. The maximum Gasteiger partial charge on any atom is 0.330 e. The van der Waals surface area contributed by atoms with Crippen molar-refractivity contribution in [1.82, 2.24) is 19.1 Å². The highest BCUT2D eigenvalue weighted by Crippen LogP contribution is 2.32. The van der Waals surface area contributed by atoms with Gasteiger partial charge in [0.2, 0.25) is 5.95 Å². The van der Waals surface area contributed by atoms with Crippen LogP contribution in [0.1, 0.15) is 36.9 Å². The molecular formula is C21H25N5O3. The number of anilines is 2. The zero-order valence-electron chi connectivity index (χ0n) is 16.8. The lowest BCUT2D eigenvalue weighted by Crippen LogP contribution is -2.30. The maximum atomic E-state index is 13.1. The topological polar surface area (TPSA) is 83.2 Å². The van der Waals surface area contributed by atoms with Crippen molar-refractivity contribution in [2.45, 2.75) is 45.7 Å². The number of nitrogens with one attached hydrogen (secondary N) is 1. The first-order valence-corrected chi connectivity index (χ1v) is 10.2. The van der Waals surface area contributed by atoms with Crippen molar-refractivity contribution in [3.8, 4) is 5.75 Å². The summed E-state index contributed by atoms with van der Waals surface area (Å²) in [7, 11) is 0. The SMILES string of the molecule is CCn1c(=O)n(C2CCOCC2)c2nc(Nc3cc4c(cc3C)OCC4)ncc21. The molecule has 5 rings (SSSR count). The van der Waals surface area contributed by atoms with Crippen LogP contribution in [0.5, 0.6) is 5.75 Å². The highest BCUT2D eigenvalue weighted by molar-refractivity contribution is 5.73. The van der Waals surface area contributed by atoms with E-state index in [9.17, 15) is 4.79 Å². The number of aromatic nitrogens is 4. The molecular weight excluding hydrogens is 370 g/mol. The summed E-state index contributed by atoms with van der Waals surface area (Å²) in [6.07, 6.45) is 4.29. The molecule has 1 fully saturated rings. The van der Waals surface area contributed by atoms with Crippen LogP contribution >= 0.6 is 0 Å². The monoisotopic (exact) mass is 395 g/mol. The molecule has 152 valence electrons. The Balaban J connectivity index is 1.57. The number of hydrogen-bond donors (Lipinski definition) is 1. The number of imidazole rings is 1. The van der Waals surface area contributed by atoms with Crippen molar-refractivity contribution in [2.24, 2.45) is 0 Å². The second kappa shape index (κ2) is 7.18. The lowest BCUT2D eigenvalue weighted by atomic mass is 10.1. The zero-order valence-corrected chi connectivity index (χ0v) is 16.8. The third-order valence-corrected chi connectivity index (χ3v) is 5.86. The molecule has 4 heterocycles. The second-order valence-electron chi connectivity index (χ2n) is 7.64. The predicted molar refractivity (Wildman–Crippen MR) is 110 cm³/mol. The Morgan fingerprint density at radius 1 is 1.24 bits per heavy atom. The van der Waals surface area contributed by atoms with Gasteiger partial charge in [-0.05, 0) is 49.9 Å². The van der Waals surface area contributed by atoms with E-state index in [-0.39, 0.29) is 11.7 Å². The Labute approximate surface area is 168 Å². The zero-order chi connectivity index (χ0) is 20.0. The van der Waals surface area contributed by atoms with Crippen molar-refractivity contribution in [1.29, 1.82) is 0 Å². The maximum absolute atomic E-state index is 13.1. The van der Waals surface area contributed by atoms with Gasteiger partial charge in [0.1, 0.15) is 11.3 Å². The van der Waals surface area contributed by atoms with Crippen LogP contribution in [0, 0.1) is 6.92 Å². The minimum atomic E-state index is -0.0216. The van der Waals surface area contributed by atoms with E-state index in [1.807, 2.05) is 18.4 Å². The molecule has 2 aliphatic heterocycles. The van der Waals surface area contributed by atoms with Crippen LogP contribution in [0.3, 0.4) is 0 Å². The molecule has 1 saturated heterocycles. The fourth-order valence-corrected chi connectivity index (χ4v) is 4.28. The third-order valence-electron chi connectivity index (χ3n) is 5.86. The number of hydrogen-bond acceptors (Lipinski definition) is 6. The van der Waals surface area contributed by atoms with E-state index in [1.165, 1.54) is 5.56 Å². The summed E-state index contributed by atoms with van der Waals surface area (Å²) in [5.41, 5.74) is 4.66. The van der Waals surface area contributed by atoms with Gasteiger partial charge >= 0.3 is 5.69 Å². The van der Waals surface area contributed by atoms with Gasteiger partial charge in [0.15, 0.2) is 5.65 Å². The number of ether oxygens (including phenoxy) is 2. The first kappa shape index (κ1) is 18.2. The van der Waals surface area contributed by atoms with Crippen LogP contribution in [0.25, 0.3) is 11.2 Å². The average molecular weight is 395 g/mol. The summed E-state index contributed by atoms with van der Waals surface area (Å²) in [5.74, 6) is 1.45. The first-order chi connectivity index (χ1) is 14.2. The van der Waals surface area contributed by atoms with E-state index in [4.69, 9.17) is 14.5 Å². The molecule has 0 bridgehead atoms. The molecule has 0 atom stereocenters. The number of rotatable bonds is 4. The summed E-state index contributed by atoms with van der Waals surface area (Å²) in [6.45, 7) is 6.66. The van der Waals surface area contributed by atoms with Crippen LogP contribution in [0.2, 0.25) is 0 Å². The van der Waals surface area contributed by atoms with Crippen LogP contribution in [-0.4, -0.2) is 38.9 Å². The number of aryl methyl sites for hydroxylation is 2. The molecule has 0 saturated carbocycles. The number of benzene rings is 1. The number of fused-ring (bicyclic) bond motifs is 2. The molecule has 0 amide bonds. The minimum absolute atomic E-state index is 0.0216. The fourth-order valence-electron chi connectivity index (χ4n) is 4.28. The molecule has 2 aromatic heterocycles. The van der Waals surface area contributed by atoms with Crippen molar-refractivity contribution in [2.75, 3.05) is 25.1 Å². The molecule has 8 nitrogen and oxygen atoms in total. The van der Waals surface area contributed by atoms with Gasteiger partial charge in [0.05, 0.1) is 12.8 Å². The Kier molecular flexibility index (Phi) is 4.50. The Bertz CT molecular complexity index is 1130. The number of nitrogens with zero attached hydrogens (tertiary/aromatic N) is 4. The highest BCUT2D eigenvalue weighted by atomic mass is 16.5. The van der Waals surface area contributed by atoms with Crippen LogP contribution in [-0.2, 0) is 17.7 Å². The normalized spacial score (nSPS) is 16.8. The van der Waals surface area contributed by atoms with Crippen LogP contribution in [0.4, 0.5) is 11.6 Å². The lowest BCUT2D eigenvalue weighted by molar-refractivity contribution is 0.0694. The molecule has 1 aromatic carbocycles. The smallest absolute Gasteiger partial charge is 0.330 e. The predicted octanol–water partition coefficient (Wildman–Crippen LogP) is 2.95. The fraction of sp³-hybridized carbons (Fsp3) is 0.476. The molecule has 3 aromatic rings. The lowest BCUT2D eigenvalue weighted by Gasteiger charge is -2.22. The third kappa shape index (κ3) is 3.07. The quantitative estimate of drug-likeness (QED) is 0.731. The van der Waals surface area contributed by atoms with Crippen molar-refractivity contribution >= 4 is 22.8 Å². The summed E-state index contributed by atoms with van der Waals surface area (Å²) >= 11 is 0. The molecule has 0 unspecified atom stereocenters. The molecule has 0 radical (unpaired) electrons. The standard InChI is InChI=1S/C21H25N5O3/c1-3-25-17-12-22-20(23-16-11-14-4-9-29-18(14)10-13(16)2)24-19(17)26(21(25)27)15-5-7-28-8-6-15/h10-12,15H,3-9H2,1-2H3,(H,22,23,24). The Morgan fingerprint density at radius 3 is 2.86 bits per heavy atom. The van der Waals surface area contributed by atoms with Gasteiger partial charge in [-0.15, -0.1) is 0 Å². The van der Waals surface area contributed by atoms with E-state index in [0.717, 1.165) is 48.4 Å². The summed E-state index contributed by atoms with van der Waals surface area (Å²) in [6, 6.07) is 4.26. The van der Waals surface area contributed by atoms with Gasteiger partial charge in [-0.3, -0.25) is 9.13 Å². The molecule has 8 heteroatoms. The van der Waals surface area contributed by atoms with Crippen molar-refractivity contribution in [3.63, 3.8) is 0 Å². The average Bonchev–Trinajstić information content (AvgIpc) is 3.29. The minimum Gasteiger partial charge on any atom is -0.493 e. The van der Waals surface area contributed by atoms with E-state index in [2.05, 4.69) is 22.4 Å². The van der Waals surface area contributed by atoms with Crippen LogP contribution < -0.4 is 15.7 Å². The van der Waals surface area contributed by atoms with Gasteiger partial charge < -0.3 is 14.8 Å². The van der Waals surface area contributed by atoms with E-state index in [1.54, 1.807) is 10.8 Å². The first-order valence-electron chi connectivity index (χ1n) is 10.2. The molecule has 29 heavy (non-hydrogen) atoms. The highest BCUT2D eigenvalue weighted by Gasteiger charge is 2.24. The van der Waals surface area contributed by atoms with E-state index in [0.29, 0.717) is 31.4 Å². The van der Waals surface area contributed by atoms with Gasteiger partial charge in [0, 0.05) is 37.9 Å². The molecule has 2 aliphatic rings. The van der Waals surface area contributed by atoms with E-state index < -0.39 is 0 Å². The molecule has 1 N–H and O–H groups in total. The largest absolute Gasteiger partial charge is 0.493 e. The molecule has 0 aliphatic carbocycles. The van der Waals surface area contributed by atoms with E-state index >= 15 is 0 Å². The summed E-state index contributed by atoms with van der Waals surface area (Å²) in [4.78, 5) is 22.3. The van der Waals surface area contributed by atoms with Gasteiger partial charge in [-0.1, -0.05) is 0 Å². The van der Waals surface area contributed by atoms with Gasteiger partial charge in [-0.25, -0.2) is 9.78 Å². The van der Waals surface area contributed by atoms with Gasteiger partial charge in [0.25, 0.3) is 0 Å². The second-order valence-corrected chi connectivity index (χ2v) is 7.64.